The standard InChI is InChI=1S/C36H33F10N3O5.Na/c1-19(2)25-12-27(30(52-3)14-29(25)37)26-13-28(36(44,45)46)31(53-4)10-21(26)18-49(33-47-15-24(16-48-33)54-7-5-6-32(50)51)17-20-8-22(34(38,39)40)11-23(9-20)35(41,42)43;/h8-16,19H,5-7,17-18H2,1-4H3,(H,50,51);/q;+1/p-1. The maximum Gasteiger partial charge on any atom is 1.00 e. The number of benzene rings is 3. The molecule has 55 heavy (non-hydrogen) atoms. The first-order valence-electron chi connectivity index (χ1n) is 16.0. The van der Waals surface area contributed by atoms with Gasteiger partial charge in [-0.25, -0.2) is 14.4 Å². The van der Waals surface area contributed by atoms with Crippen molar-refractivity contribution in [2.75, 3.05) is 25.7 Å². The second-order valence-electron chi connectivity index (χ2n) is 12.2. The molecule has 0 bridgehead atoms. The number of hydrogen-bond acceptors (Lipinski definition) is 8. The molecular formula is C36H32F10N3NaO5. The first kappa shape index (κ1) is 45.1. The minimum Gasteiger partial charge on any atom is -0.550 e. The molecule has 0 saturated carbocycles. The monoisotopic (exact) mass is 799 g/mol. The molecule has 0 saturated heterocycles. The molecule has 0 atom stereocenters. The van der Waals surface area contributed by atoms with Crippen LogP contribution in [-0.4, -0.2) is 36.8 Å². The van der Waals surface area contributed by atoms with E-state index in [2.05, 4.69) is 9.97 Å². The summed E-state index contributed by atoms with van der Waals surface area (Å²) in [4.78, 5) is 20.1. The molecule has 0 amide bonds. The molecule has 0 spiro atoms. The molecule has 0 fully saturated rings. The van der Waals surface area contributed by atoms with E-state index in [0.717, 1.165) is 49.7 Å². The molecule has 0 radical (unpaired) electrons. The van der Waals surface area contributed by atoms with Crippen LogP contribution < -0.4 is 53.8 Å². The van der Waals surface area contributed by atoms with E-state index in [0.29, 0.717) is 12.1 Å². The zero-order valence-corrected chi connectivity index (χ0v) is 32.0. The number of carboxylic acids is 1. The fourth-order valence-electron chi connectivity index (χ4n) is 5.48. The third-order valence-corrected chi connectivity index (χ3v) is 8.04. The summed E-state index contributed by atoms with van der Waals surface area (Å²) in [7, 11) is 2.13. The van der Waals surface area contributed by atoms with E-state index in [9.17, 15) is 49.4 Å². The number of carbonyl (C=O) groups is 1. The van der Waals surface area contributed by atoms with Crippen LogP contribution in [0.1, 0.15) is 66.0 Å². The molecule has 19 heteroatoms. The first-order valence-corrected chi connectivity index (χ1v) is 16.0. The number of rotatable bonds is 14. The molecular weight excluding hydrogens is 767 g/mol. The van der Waals surface area contributed by atoms with Gasteiger partial charge in [0.05, 0.1) is 49.9 Å². The molecule has 0 unspecified atom stereocenters. The van der Waals surface area contributed by atoms with Crippen molar-refractivity contribution in [3.05, 3.63) is 94.1 Å². The number of alkyl halides is 9. The van der Waals surface area contributed by atoms with E-state index < -0.39 is 77.3 Å². The Morgan fingerprint density at radius 3 is 1.85 bits per heavy atom. The zero-order valence-electron chi connectivity index (χ0n) is 30.0. The summed E-state index contributed by atoms with van der Waals surface area (Å²) in [5.74, 6) is -3.61. The summed E-state index contributed by atoms with van der Waals surface area (Å²) < 4.78 is 157. The van der Waals surface area contributed by atoms with E-state index in [1.165, 1.54) is 6.07 Å². The van der Waals surface area contributed by atoms with Gasteiger partial charge in [-0.2, -0.15) is 39.5 Å². The fourth-order valence-corrected chi connectivity index (χ4v) is 5.48. The average molecular weight is 800 g/mol. The maximum atomic E-state index is 15.0. The van der Waals surface area contributed by atoms with Crippen molar-refractivity contribution in [1.29, 1.82) is 0 Å². The summed E-state index contributed by atoms with van der Waals surface area (Å²) in [5, 5.41) is 10.7. The van der Waals surface area contributed by atoms with Crippen molar-refractivity contribution in [2.24, 2.45) is 0 Å². The molecule has 0 aliphatic carbocycles. The SMILES string of the molecule is COc1cc(F)c(C(C)C)cc1-c1cc(C(F)(F)F)c(OC)cc1CN(Cc1cc(C(F)(F)F)cc(C(F)(F)F)c1)c1ncc(OCCCC(=O)[O-])cn1.[Na+]. The van der Waals surface area contributed by atoms with E-state index >= 15 is 4.39 Å². The number of methoxy groups -OCH3 is 2. The van der Waals surface area contributed by atoms with Crippen LogP contribution in [0.25, 0.3) is 11.1 Å². The predicted octanol–water partition coefficient (Wildman–Crippen LogP) is 5.60. The maximum absolute atomic E-state index is 15.0. The fraction of sp³-hybridized carbons (Fsp3) is 0.361. The molecule has 292 valence electrons. The summed E-state index contributed by atoms with van der Waals surface area (Å²) in [6, 6.07) is 4.92. The summed E-state index contributed by atoms with van der Waals surface area (Å²) >= 11 is 0. The van der Waals surface area contributed by atoms with Crippen molar-refractivity contribution in [1.82, 2.24) is 9.97 Å². The predicted molar refractivity (Wildman–Crippen MR) is 172 cm³/mol. The zero-order chi connectivity index (χ0) is 40.2. The van der Waals surface area contributed by atoms with Crippen LogP contribution in [0.4, 0.5) is 49.9 Å². The Labute approximate surface area is 330 Å². The van der Waals surface area contributed by atoms with Crippen LogP contribution in [-0.2, 0) is 36.4 Å². The summed E-state index contributed by atoms with van der Waals surface area (Å²) in [6.07, 6.45) is -13.4. The third kappa shape index (κ3) is 11.6. The van der Waals surface area contributed by atoms with Gasteiger partial charge in [-0.3, -0.25) is 0 Å². The van der Waals surface area contributed by atoms with Crippen LogP contribution in [0.5, 0.6) is 17.2 Å². The van der Waals surface area contributed by atoms with Gasteiger partial charge in [0.2, 0.25) is 5.95 Å². The van der Waals surface area contributed by atoms with Crippen molar-refractivity contribution in [2.45, 2.75) is 64.2 Å². The van der Waals surface area contributed by atoms with Gasteiger partial charge < -0.3 is 29.0 Å². The van der Waals surface area contributed by atoms with E-state index in [1.807, 2.05) is 0 Å². The molecule has 0 N–H and O–H groups in total. The minimum atomic E-state index is -5.19. The van der Waals surface area contributed by atoms with Crippen LogP contribution in [0.15, 0.2) is 54.9 Å². The van der Waals surface area contributed by atoms with E-state index in [1.54, 1.807) is 13.8 Å². The second kappa shape index (κ2) is 18.1. The second-order valence-corrected chi connectivity index (χ2v) is 12.2. The quantitative estimate of drug-likeness (QED) is 0.0926. The average Bonchev–Trinajstić information content (AvgIpc) is 3.08. The van der Waals surface area contributed by atoms with Gasteiger partial charge >= 0.3 is 48.1 Å². The van der Waals surface area contributed by atoms with Gasteiger partial charge in [0.1, 0.15) is 17.3 Å². The van der Waals surface area contributed by atoms with Crippen LogP contribution in [0.2, 0.25) is 0 Å². The number of ether oxygens (including phenoxy) is 3. The minimum absolute atomic E-state index is 0. The van der Waals surface area contributed by atoms with Crippen molar-refractivity contribution < 1.29 is 97.6 Å². The number of nitrogens with zero attached hydrogens (tertiary/aromatic N) is 3. The number of aliphatic carboxylic acids is 1. The van der Waals surface area contributed by atoms with Crippen LogP contribution in [0, 0.1) is 5.82 Å². The number of anilines is 1. The molecule has 4 aromatic rings. The molecule has 1 heterocycles. The van der Waals surface area contributed by atoms with Gasteiger partial charge in [-0.1, -0.05) is 13.8 Å². The smallest absolute Gasteiger partial charge is 0.550 e. The van der Waals surface area contributed by atoms with Gasteiger partial charge in [-0.15, -0.1) is 0 Å². The Morgan fingerprint density at radius 2 is 1.36 bits per heavy atom. The van der Waals surface area contributed by atoms with Crippen molar-refractivity contribution >= 4 is 11.9 Å². The molecule has 0 aliphatic heterocycles. The number of carbonyl (C=O) groups excluding carboxylic acids is 1. The molecule has 0 aliphatic rings. The van der Waals surface area contributed by atoms with Gasteiger partial charge in [0.15, 0.2) is 5.75 Å². The normalized spacial score (nSPS) is 12.0. The summed E-state index contributed by atoms with van der Waals surface area (Å²) in [6.45, 7) is 1.90. The molecule has 1 aromatic heterocycles. The Morgan fingerprint density at radius 1 is 0.782 bits per heavy atom. The Kier molecular flexibility index (Phi) is 14.8. The molecule has 3 aromatic carbocycles. The van der Waals surface area contributed by atoms with Gasteiger partial charge in [0.25, 0.3) is 0 Å². The van der Waals surface area contributed by atoms with Crippen LogP contribution >= 0.6 is 0 Å². The van der Waals surface area contributed by atoms with Crippen LogP contribution in [0.3, 0.4) is 0 Å². The van der Waals surface area contributed by atoms with Crippen molar-refractivity contribution in [3.63, 3.8) is 0 Å². The number of halogens is 10. The van der Waals surface area contributed by atoms with Gasteiger partial charge in [-0.05, 0) is 77.4 Å². The van der Waals surface area contributed by atoms with Gasteiger partial charge in [0, 0.05) is 30.7 Å². The first-order chi connectivity index (χ1) is 25.1. The van der Waals surface area contributed by atoms with Crippen molar-refractivity contribution in [3.8, 4) is 28.4 Å². The Balaban J connectivity index is 0.00000812. The largest absolute Gasteiger partial charge is 1.00 e. The Bertz CT molecular complexity index is 1920. The van der Waals surface area contributed by atoms with E-state index in [4.69, 9.17) is 14.2 Å². The molecule has 8 nitrogen and oxygen atoms in total. The third-order valence-electron chi connectivity index (χ3n) is 8.04. The number of carboxylic acid groups (broad SMARTS) is 1. The topological polar surface area (TPSA) is 96.8 Å². The number of aromatic nitrogens is 2. The molecule has 4 rings (SSSR count). The number of hydrogen-bond donors (Lipinski definition) is 0. The Hall–Kier alpha value is -4.29. The van der Waals surface area contributed by atoms with E-state index in [-0.39, 0.29) is 94.8 Å². The summed E-state index contributed by atoms with van der Waals surface area (Å²) in [5.41, 5.74) is -5.06.